The molecular formula is C30H24N4O3. The second kappa shape index (κ2) is 10.3. The molecule has 4 aromatic carbocycles. The number of nitrogens with zero attached hydrogens (tertiary/aromatic N) is 2. The number of fused-ring (bicyclic) bond motifs is 2. The molecule has 2 N–H and O–H groups in total. The fourth-order valence-corrected chi connectivity index (χ4v) is 3.92. The van der Waals surface area contributed by atoms with Crippen molar-refractivity contribution in [2.24, 2.45) is 10.2 Å². The molecular weight excluding hydrogens is 464 g/mol. The maximum absolute atomic E-state index is 12.5. The lowest BCUT2D eigenvalue weighted by molar-refractivity contribution is 0.0902. The molecule has 0 saturated carbocycles. The average Bonchev–Trinajstić information content (AvgIpc) is 3.44. The highest BCUT2D eigenvalue weighted by Gasteiger charge is 2.16. The van der Waals surface area contributed by atoms with Gasteiger partial charge in [-0.25, -0.2) is 10.9 Å². The molecule has 7 nitrogen and oxygen atoms in total. The average molecular weight is 489 g/mol. The van der Waals surface area contributed by atoms with E-state index in [0.717, 1.165) is 32.7 Å². The van der Waals surface area contributed by atoms with Crippen LogP contribution in [0.2, 0.25) is 0 Å². The van der Waals surface area contributed by atoms with Crippen LogP contribution >= 0.6 is 0 Å². The molecule has 37 heavy (non-hydrogen) atoms. The molecule has 5 rings (SSSR count). The quantitative estimate of drug-likeness (QED) is 0.230. The summed E-state index contributed by atoms with van der Waals surface area (Å²) in [5.41, 5.74) is 8.02. The zero-order valence-electron chi connectivity index (χ0n) is 20.4. The number of carbonyl (C=O) groups excluding carboxylic acids is 2. The number of hydrazone groups is 2. The zero-order valence-corrected chi connectivity index (χ0v) is 20.4. The minimum absolute atomic E-state index is 0.0320. The predicted octanol–water partition coefficient (Wildman–Crippen LogP) is 5.89. The number of hydrogen-bond acceptors (Lipinski definition) is 5. The maximum Gasteiger partial charge on any atom is 0.307 e. The van der Waals surface area contributed by atoms with E-state index in [2.05, 4.69) is 21.1 Å². The van der Waals surface area contributed by atoms with Gasteiger partial charge in [-0.3, -0.25) is 9.59 Å². The summed E-state index contributed by atoms with van der Waals surface area (Å²) >= 11 is 0. The first-order chi connectivity index (χ1) is 18.0. The van der Waals surface area contributed by atoms with Crippen LogP contribution in [-0.4, -0.2) is 23.2 Å². The maximum atomic E-state index is 12.5. The van der Waals surface area contributed by atoms with E-state index in [1.165, 1.54) is 12.1 Å². The van der Waals surface area contributed by atoms with Gasteiger partial charge in [-0.15, -0.1) is 0 Å². The molecule has 0 aliphatic carbocycles. The molecule has 1 aromatic heterocycles. The fraction of sp³-hybridized carbons (Fsp3) is 0.0667. The van der Waals surface area contributed by atoms with Crippen molar-refractivity contribution in [3.05, 3.63) is 120 Å². The van der Waals surface area contributed by atoms with Crippen molar-refractivity contribution in [2.45, 2.75) is 13.8 Å². The first-order valence-electron chi connectivity index (χ1n) is 11.8. The van der Waals surface area contributed by atoms with Crippen LogP contribution in [0.1, 0.15) is 46.1 Å². The van der Waals surface area contributed by atoms with Gasteiger partial charge in [0.15, 0.2) is 11.5 Å². The van der Waals surface area contributed by atoms with Crippen LogP contribution in [-0.2, 0) is 0 Å². The van der Waals surface area contributed by atoms with E-state index >= 15 is 0 Å². The lowest BCUT2D eigenvalue weighted by atomic mass is 10.0. The van der Waals surface area contributed by atoms with E-state index < -0.39 is 11.8 Å². The Morgan fingerprint density at radius 1 is 0.568 bits per heavy atom. The fourth-order valence-electron chi connectivity index (χ4n) is 3.92. The molecule has 0 aliphatic heterocycles. The lowest BCUT2D eigenvalue weighted by Gasteiger charge is -2.04. The summed E-state index contributed by atoms with van der Waals surface area (Å²) in [4.78, 5) is 25.0. The summed E-state index contributed by atoms with van der Waals surface area (Å²) in [7, 11) is 0. The Hall–Kier alpha value is -5.04. The Balaban J connectivity index is 1.22. The number of amides is 2. The Kier molecular flexibility index (Phi) is 6.59. The van der Waals surface area contributed by atoms with E-state index in [-0.39, 0.29) is 11.5 Å². The number of carbonyl (C=O) groups is 2. The Labute approximate surface area is 213 Å². The van der Waals surface area contributed by atoms with Crippen molar-refractivity contribution < 1.29 is 14.0 Å². The van der Waals surface area contributed by atoms with E-state index in [9.17, 15) is 9.59 Å². The van der Waals surface area contributed by atoms with Gasteiger partial charge >= 0.3 is 11.8 Å². The van der Waals surface area contributed by atoms with Gasteiger partial charge in [0.1, 0.15) is 0 Å². The van der Waals surface area contributed by atoms with Crippen LogP contribution < -0.4 is 10.9 Å². The molecule has 182 valence electrons. The minimum Gasteiger partial charge on any atom is -0.446 e. The molecule has 0 unspecified atom stereocenters. The van der Waals surface area contributed by atoms with Crippen molar-refractivity contribution >= 4 is 44.8 Å². The highest BCUT2D eigenvalue weighted by atomic mass is 16.4. The molecule has 0 atom stereocenters. The normalized spacial score (nSPS) is 12.1. The largest absolute Gasteiger partial charge is 0.446 e. The standard InChI is InChI=1S/C30H24N4O3/c1-19(23-13-11-21-7-3-5-9-25(21)17-23)31-33-29(35)27-15-16-28(37-27)30(36)34-32-20(2)24-14-12-22-8-4-6-10-26(22)18-24/h3-18H,1-2H3,(H,33,35)(H,34,36). The monoisotopic (exact) mass is 488 g/mol. The van der Waals surface area contributed by atoms with Gasteiger partial charge < -0.3 is 4.42 Å². The number of furan rings is 1. The molecule has 0 fully saturated rings. The van der Waals surface area contributed by atoms with Crippen LogP contribution in [0.4, 0.5) is 0 Å². The van der Waals surface area contributed by atoms with Crippen LogP contribution in [0.15, 0.2) is 112 Å². The Morgan fingerprint density at radius 2 is 0.973 bits per heavy atom. The topological polar surface area (TPSA) is 96.1 Å². The third-order valence-corrected chi connectivity index (χ3v) is 6.04. The van der Waals surface area contributed by atoms with Crippen molar-refractivity contribution in [2.75, 3.05) is 0 Å². The van der Waals surface area contributed by atoms with Crippen molar-refractivity contribution in [3.63, 3.8) is 0 Å². The number of nitrogens with one attached hydrogen (secondary N) is 2. The number of hydrogen-bond donors (Lipinski definition) is 2. The SMILES string of the molecule is CC(=NNC(=O)c1ccc(C(=O)NN=C(C)c2ccc3ccccc3c2)o1)c1ccc2ccccc2c1. The number of benzene rings is 4. The van der Waals surface area contributed by atoms with Crippen LogP contribution in [0.3, 0.4) is 0 Å². The molecule has 1 heterocycles. The van der Waals surface area contributed by atoms with E-state index in [0.29, 0.717) is 11.4 Å². The first kappa shape index (κ1) is 23.7. The van der Waals surface area contributed by atoms with Gasteiger partial charge in [0.05, 0.1) is 11.4 Å². The van der Waals surface area contributed by atoms with Gasteiger partial charge in [0, 0.05) is 0 Å². The van der Waals surface area contributed by atoms with Gasteiger partial charge in [0.2, 0.25) is 0 Å². The second-order valence-corrected chi connectivity index (χ2v) is 8.56. The van der Waals surface area contributed by atoms with Crippen LogP contribution in [0, 0.1) is 0 Å². The Bertz CT molecular complexity index is 1570. The summed E-state index contributed by atoms with van der Waals surface area (Å²) in [5.74, 6) is -1.18. The minimum atomic E-state index is -0.560. The third kappa shape index (κ3) is 5.31. The molecule has 0 aliphatic rings. The Morgan fingerprint density at radius 3 is 1.41 bits per heavy atom. The lowest BCUT2D eigenvalue weighted by Crippen LogP contribution is -2.20. The molecule has 0 bridgehead atoms. The molecule has 0 radical (unpaired) electrons. The van der Waals surface area contributed by atoms with Gasteiger partial charge in [0.25, 0.3) is 0 Å². The van der Waals surface area contributed by atoms with Crippen LogP contribution in [0.5, 0.6) is 0 Å². The number of rotatable bonds is 6. The van der Waals surface area contributed by atoms with Crippen molar-refractivity contribution in [1.82, 2.24) is 10.9 Å². The van der Waals surface area contributed by atoms with E-state index in [1.54, 1.807) is 13.8 Å². The van der Waals surface area contributed by atoms with E-state index in [1.807, 2.05) is 84.9 Å². The third-order valence-electron chi connectivity index (χ3n) is 6.04. The van der Waals surface area contributed by atoms with Gasteiger partial charge in [-0.1, -0.05) is 72.8 Å². The zero-order chi connectivity index (χ0) is 25.8. The van der Waals surface area contributed by atoms with Crippen molar-refractivity contribution in [1.29, 1.82) is 0 Å². The summed E-state index contributed by atoms with van der Waals surface area (Å²) in [6.07, 6.45) is 0. The van der Waals surface area contributed by atoms with Crippen molar-refractivity contribution in [3.8, 4) is 0 Å². The first-order valence-corrected chi connectivity index (χ1v) is 11.8. The van der Waals surface area contributed by atoms with E-state index in [4.69, 9.17) is 4.42 Å². The second-order valence-electron chi connectivity index (χ2n) is 8.56. The summed E-state index contributed by atoms with van der Waals surface area (Å²) < 4.78 is 5.44. The molecule has 0 saturated heterocycles. The highest BCUT2D eigenvalue weighted by Crippen LogP contribution is 2.17. The summed E-state index contributed by atoms with van der Waals surface area (Å²) in [6, 6.07) is 30.8. The molecule has 7 heteroatoms. The molecule has 0 spiro atoms. The van der Waals surface area contributed by atoms with Gasteiger partial charge in [-0.05, 0) is 70.8 Å². The highest BCUT2D eigenvalue weighted by molar-refractivity contribution is 6.04. The summed E-state index contributed by atoms with van der Waals surface area (Å²) in [5, 5.41) is 12.8. The molecule has 5 aromatic rings. The van der Waals surface area contributed by atoms with Gasteiger partial charge in [-0.2, -0.15) is 10.2 Å². The predicted molar refractivity (Wildman–Crippen MR) is 146 cm³/mol. The smallest absolute Gasteiger partial charge is 0.307 e. The molecule has 2 amide bonds. The van der Waals surface area contributed by atoms with Crippen LogP contribution in [0.25, 0.3) is 21.5 Å². The summed E-state index contributed by atoms with van der Waals surface area (Å²) in [6.45, 7) is 3.61.